The minimum atomic E-state index is -0.0957. The van der Waals surface area contributed by atoms with Crippen LogP contribution in [0, 0.1) is 0 Å². The number of nitrogens with zero attached hydrogens (tertiary/aromatic N) is 2. The van der Waals surface area contributed by atoms with E-state index in [0.29, 0.717) is 0 Å². The van der Waals surface area contributed by atoms with Crippen LogP contribution >= 0.6 is 0 Å². The molecule has 0 bridgehead atoms. The van der Waals surface area contributed by atoms with E-state index in [9.17, 15) is 9.59 Å². The summed E-state index contributed by atoms with van der Waals surface area (Å²) in [4.78, 5) is 27.9. The standard InChI is InChI=1S/C21H29N3O2/c1-5-13-24(15-21(26)23(3)4)14-20(25)22-16(2)18-12-8-10-17-9-6-7-11-19(17)18/h6-12,16H,5,13-15H2,1-4H3,(H,22,25). The highest BCUT2D eigenvalue weighted by molar-refractivity contribution is 5.87. The smallest absolute Gasteiger partial charge is 0.236 e. The number of nitrogens with one attached hydrogen (secondary N) is 1. The number of fused-ring (bicyclic) bond motifs is 1. The third-order valence-electron chi connectivity index (χ3n) is 4.43. The van der Waals surface area contributed by atoms with Crippen LogP contribution in [0.4, 0.5) is 0 Å². The zero-order valence-electron chi connectivity index (χ0n) is 16.2. The van der Waals surface area contributed by atoms with Gasteiger partial charge in [-0.1, -0.05) is 49.4 Å². The highest BCUT2D eigenvalue weighted by atomic mass is 16.2. The first-order valence-corrected chi connectivity index (χ1v) is 9.12. The highest BCUT2D eigenvalue weighted by Crippen LogP contribution is 2.23. The molecule has 2 aromatic carbocycles. The van der Waals surface area contributed by atoms with E-state index >= 15 is 0 Å². The second kappa shape index (κ2) is 9.34. The lowest BCUT2D eigenvalue weighted by Gasteiger charge is -2.24. The Balaban J connectivity index is 2.04. The van der Waals surface area contributed by atoms with Crippen LogP contribution in [-0.4, -0.2) is 55.3 Å². The first-order valence-electron chi connectivity index (χ1n) is 9.12. The number of benzene rings is 2. The lowest BCUT2D eigenvalue weighted by Crippen LogP contribution is -2.43. The fourth-order valence-electron chi connectivity index (χ4n) is 3.06. The van der Waals surface area contributed by atoms with Gasteiger partial charge < -0.3 is 10.2 Å². The second-order valence-corrected chi connectivity index (χ2v) is 6.86. The molecule has 0 aliphatic rings. The van der Waals surface area contributed by atoms with E-state index in [1.807, 2.05) is 43.0 Å². The maximum absolute atomic E-state index is 12.5. The SMILES string of the molecule is CCCN(CC(=O)NC(C)c1cccc2ccccc12)CC(=O)N(C)C. The van der Waals surface area contributed by atoms with Crippen LogP contribution in [0.25, 0.3) is 10.8 Å². The quantitative estimate of drug-likeness (QED) is 0.792. The van der Waals surface area contributed by atoms with E-state index in [0.717, 1.165) is 29.3 Å². The maximum atomic E-state index is 12.5. The summed E-state index contributed by atoms with van der Waals surface area (Å²) in [5.41, 5.74) is 1.10. The summed E-state index contributed by atoms with van der Waals surface area (Å²) in [5, 5.41) is 5.39. The number of carbonyl (C=O) groups is 2. The molecular weight excluding hydrogens is 326 g/mol. The monoisotopic (exact) mass is 355 g/mol. The van der Waals surface area contributed by atoms with Crippen LogP contribution in [-0.2, 0) is 9.59 Å². The molecule has 0 fully saturated rings. The molecule has 5 heteroatoms. The van der Waals surface area contributed by atoms with Gasteiger partial charge in [0.2, 0.25) is 11.8 Å². The van der Waals surface area contributed by atoms with Crippen molar-refractivity contribution in [2.45, 2.75) is 26.3 Å². The molecule has 0 saturated carbocycles. The molecule has 2 aromatic rings. The summed E-state index contributed by atoms with van der Waals surface area (Å²) in [6.45, 7) is 5.24. The molecule has 2 amide bonds. The van der Waals surface area contributed by atoms with E-state index < -0.39 is 0 Å². The zero-order chi connectivity index (χ0) is 19.1. The van der Waals surface area contributed by atoms with Crippen LogP contribution in [0.3, 0.4) is 0 Å². The number of likely N-dealkylation sites (N-methyl/N-ethyl adjacent to an activating group) is 1. The molecule has 2 rings (SSSR count). The lowest BCUT2D eigenvalue weighted by atomic mass is 10.00. The third kappa shape index (κ3) is 5.30. The van der Waals surface area contributed by atoms with Gasteiger partial charge in [-0.2, -0.15) is 0 Å². The normalized spacial score (nSPS) is 12.2. The van der Waals surface area contributed by atoms with Gasteiger partial charge in [0, 0.05) is 14.1 Å². The maximum Gasteiger partial charge on any atom is 0.236 e. The average molecular weight is 355 g/mol. The molecule has 0 aliphatic heterocycles. The lowest BCUT2D eigenvalue weighted by molar-refractivity contribution is -0.131. The molecule has 0 radical (unpaired) electrons. The minimum Gasteiger partial charge on any atom is -0.348 e. The Morgan fingerprint density at radius 2 is 1.73 bits per heavy atom. The van der Waals surface area contributed by atoms with Gasteiger partial charge in [-0.3, -0.25) is 14.5 Å². The second-order valence-electron chi connectivity index (χ2n) is 6.86. The van der Waals surface area contributed by atoms with Gasteiger partial charge in [-0.15, -0.1) is 0 Å². The van der Waals surface area contributed by atoms with Gasteiger partial charge in [0.05, 0.1) is 19.1 Å². The Labute approximate surface area is 156 Å². The first kappa shape index (κ1) is 19.9. The number of hydrogen-bond donors (Lipinski definition) is 1. The predicted molar refractivity (Wildman–Crippen MR) is 106 cm³/mol. The zero-order valence-corrected chi connectivity index (χ0v) is 16.2. The topological polar surface area (TPSA) is 52.7 Å². The summed E-state index contributed by atoms with van der Waals surface area (Å²) in [6.07, 6.45) is 0.896. The fraction of sp³-hybridized carbons (Fsp3) is 0.429. The van der Waals surface area contributed by atoms with Crippen LogP contribution in [0.2, 0.25) is 0 Å². The molecule has 0 spiro atoms. The molecule has 140 valence electrons. The molecule has 1 unspecified atom stereocenters. The molecule has 5 nitrogen and oxygen atoms in total. The highest BCUT2D eigenvalue weighted by Gasteiger charge is 2.17. The number of hydrogen-bond acceptors (Lipinski definition) is 3. The molecule has 1 atom stereocenters. The summed E-state index contributed by atoms with van der Waals surface area (Å²) < 4.78 is 0. The van der Waals surface area contributed by atoms with E-state index in [2.05, 4.69) is 23.5 Å². The fourth-order valence-corrected chi connectivity index (χ4v) is 3.06. The summed E-state index contributed by atoms with van der Waals surface area (Å²) in [6, 6.07) is 14.2. The van der Waals surface area contributed by atoms with Crippen LogP contribution < -0.4 is 5.32 Å². The first-order chi connectivity index (χ1) is 12.4. The van der Waals surface area contributed by atoms with Crippen molar-refractivity contribution in [1.29, 1.82) is 0 Å². The van der Waals surface area contributed by atoms with Crippen molar-refractivity contribution in [3.8, 4) is 0 Å². The molecule has 0 aliphatic carbocycles. The van der Waals surface area contributed by atoms with Crippen molar-refractivity contribution in [3.05, 3.63) is 48.0 Å². The van der Waals surface area contributed by atoms with E-state index in [1.165, 1.54) is 0 Å². The van der Waals surface area contributed by atoms with Gasteiger partial charge in [0.1, 0.15) is 0 Å². The van der Waals surface area contributed by atoms with Crippen molar-refractivity contribution in [2.75, 3.05) is 33.7 Å². The summed E-state index contributed by atoms with van der Waals surface area (Å²) in [5.74, 6) is -0.0567. The largest absolute Gasteiger partial charge is 0.348 e. The van der Waals surface area contributed by atoms with Gasteiger partial charge in [0.25, 0.3) is 0 Å². The van der Waals surface area contributed by atoms with Crippen LogP contribution in [0.1, 0.15) is 31.9 Å². The van der Waals surface area contributed by atoms with E-state index in [1.54, 1.807) is 19.0 Å². The average Bonchev–Trinajstić information content (AvgIpc) is 2.61. The minimum absolute atomic E-state index is 0.00773. The van der Waals surface area contributed by atoms with Gasteiger partial charge >= 0.3 is 0 Å². The Bertz CT molecular complexity index is 753. The van der Waals surface area contributed by atoms with Crippen molar-refractivity contribution in [3.63, 3.8) is 0 Å². The number of amides is 2. The molecule has 26 heavy (non-hydrogen) atoms. The Morgan fingerprint density at radius 3 is 2.42 bits per heavy atom. The summed E-state index contributed by atoms with van der Waals surface area (Å²) in [7, 11) is 3.46. The van der Waals surface area contributed by atoms with Crippen LogP contribution in [0.5, 0.6) is 0 Å². The van der Waals surface area contributed by atoms with Crippen molar-refractivity contribution < 1.29 is 9.59 Å². The van der Waals surface area contributed by atoms with E-state index in [-0.39, 0.29) is 30.9 Å². The predicted octanol–water partition coefficient (Wildman–Crippen LogP) is 2.82. The number of carbonyl (C=O) groups excluding carboxylic acids is 2. The third-order valence-corrected chi connectivity index (χ3v) is 4.43. The molecular formula is C21H29N3O2. The van der Waals surface area contributed by atoms with Crippen LogP contribution in [0.15, 0.2) is 42.5 Å². The Hall–Kier alpha value is -2.40. The Morgan fingerprint density at radius 1 is 1.04 bits per heavy atom. The van der Waals surface area contributed by atoms with Crippen molar-refractivity contribution >= 4 is 22.6 Å². The molecule has 0 saturated heterocycles. The number of rotatable bonds is 8. The van der Waals surface area contributed by atoms with Gasteiger partial charge in [-0.05, 0) is 36.2 Å². The Kier molecular flexibility index (Phi) is 7.16. The van der Waals surface area contributed by atoms with Crippen molar-refractivity contribution in [1.82, 2.24) is 15.1 Å². The molecule has 1 N–H and O–H groups in total. The van der Waals surface area contributed by atoms with E-state index in [4.69, 9.17) is 0 Å². The van der Waals surface area contributed by atoms with Gasteiger partial charge in [0.15, 0.2) is 0 Å². The molecule has 0 heterocycles. The van der Waals surface area contributed by atoms with Crippen molar-refractivity contribution in [2.24, 2.45) is 0 Å². The molecule has 0 aromatic heterocycles. The summed E-state index contributed by atoms with van der Waals surface area (Å²) >= 11 is 0. The van der Waals surface area contributed by atoms with Gasteiger partial charge in [-0.25, -0.2) is 0 Å².